The highest BCUT2D eigenvalue weighted by Gasteiger charge is 2.17. The van der Waals surface area contributed by atoms with Gasteiger partial charge in [-0.2, -0.15) is 0 Å². The van der Waals surface area contributed by atoms with Crippen LogP contribution in [0.3, 0.4) is 0 Å². The van der Waals surface area contributed by atoms with Gasteiger partial charge in [-0.15, -0.1) is 12.4 Å². The third-order valence-corrected chi connectivity index (χ3v) is 3.32. The number of nitrogens with two attached hydrogens (primary N) is 1. The number of carbonyl (C=O) groups is 3. The molecule has 1 rings (SSSR count). The first-order valence-electron chi connectivity index (χ1n) is 7.11. The van der Waals surface area contributed by atoms with E-state index in [0.29, 0.717) is 11.4 Å². The first kappa shape index (κ1) is 22.2. The Balaban J connectivity index is 0.00000529. The second-order valence-electron chi connectivity index (χ2n) is 5.41. The third kappa shape index (κ3) is 7.16. The summed E-state index contributed by atoms with van der Waals surface area (Å²) in [6, 6.07) is 4.03. The van der Waals surface area contributed by atoms with E-state index in [1.54, 1.807) is 12.1 Å². The molecule has 0 saturated carbocycles. The molecule has 0 bridgehead atoms. The van der Waals surface area contributed by atoms with Gasteiger partial charge in [-0.25, -0.2) is 0 Å². The maximum atomic E-state index is 11.8. The van der Waals surface area contributed by atoms with Crippen molar-refractivity contribution < 1.29 is 14.4 Å². The molecule has 7 nitrogen and oxygen atoms in total. The van der Waals surface area contributed by atoms with E-state index in [1.165, 1.54) is 13.0 Å². The quantitative estimate of drug-likeness (QED) is 0.605. The molecule has 0 fully saturated rings. The van der Waals surface area contributed by atoms with Crippen molar-refractivity contribution in [2.75, 3.05) is 17.2 Å². The molecule has 0 aliphatic carbocycles. The minimum absolute atomic E-state index is 0. The summed E-state index contributed by atoms with van der Waals surface area (Å²) in [6.07, 6.45) is 0. The second kappa shape index (κ2) is 10.1. The van der Waals surface area contributed by atoms with E-state index in [2.05, 4.69) is 16.0 Å². The summed E-state index contributed by atoms with van der Waals surface area (Å²) in [6.45, 7) is 4.82. The average Bonchev–Trinajstić information content (AvgIpc) is 2.46. The molecule has 0 radical (unpaired) electrons. The first-order valence-corrected chi connectivity index (χ1v) is 7.48. The number of rotatable bonds is 6. The predicted octanol–water partition coefficient (Wildman–Crippen LogP) is 1.76. The smallest absolute Gasteiger partial charge is 0.243 e. The van der Waals surface area contributed by atoms with E-state index in [0.717, 1.165) is 0 Å². The lowest BCUT2D eigenvalue weighted by Crippen LogP contribution is -2.46. The Hall–Kier alpha value is -1.83. The fraction of sp³-hybridized carbons (Fsp3) is 0.400. The summed E-state index contributed by atoms with van der Waals surface area (Å²) in [5, 5.41) is 7.90. The van der Waals surface area contributed by atoms with Gasteiger partial charge in [-0.3, -0.25) is 14.4 Å². The van der Waals surface area contributed by atoms with Crippen LogP contribution in [0.2, 0.25) is 5.02 Å². The molecular weight excluding hydrogens is 355 g/mol. The fourth-order valence-corrected chi connectivity index (χ4v) is 1.91. The predicted molar refractivity (Wildman–Crippen MR) is 97.5 cm³/mol. The highest BCUT2D eigenvalue weighted by molar-refractivity contribution is 6.34. The van der Waals surface area contributed by atoms with E-state index in [9.17, 15) is 14.4 Å². The van der Waals surface area contributed by atoms with Gasteiger partial charge in [0.25, 0.3) is 0 Å². The number of nitrogens with one attached hydrogen (secondary N) is 3. The van der Waals surface area contributed by atoms with Crippen molar-refractivity contribution >= 4 is 53.1 Å². The van der Waals surface area contributed by atoms with Gasteiger partial charge < -0.3 is 21.7 Å². The van der Waals surface area contributed by atoms with Gasteiger partial charge in [0.15, 0.2) is 0 Å². The number of hydrogen-bond acceptors (Lipinski definition) is 4. The standard InChI is InChI=1S/C15H21ClN4O3.ClH/c1-8(2)14(17)15(23)18-7-13(22)20-12-5-4-10(6-11(12)16)19-9(3)21;/h4-6,8,14H,7,17H2,1-3H3,(H,18,23)(H,19,21)(H,20,22);1H/t14-;/m0./s1. The Labute approximate surface area is 152 Å². The normalized spacial score (nSPS) is 11.2. The molecule has 0 aliphatic heterocycles. The molecule has 1 aromatic carbocycles. The van der Waals surface area contributed by atoms with Gasteiger partial charge in [0.05, 0.1) is 23.3 Å². The molecule has 1 atom stereocenters. The molecule has 134 valence electrons. The Kier molecular flexibility index (Phi) is 9.35. The molecule has 0 spiro atoms. The first-order chi connectivity index (χ1) is 10.7. The maximum Gasteiger partial charge on any atom is 0.243 e. The van der Waals surface area contributed by atoms with Crippen molar-refractivity contribution in [3.05, 3.63) is 23.2 Å². The van der Waals surface area contributed by atoms with E-state index >= 15 is 0 Å². The van der Waals surface area contributed by atoms with Crippen molar-refractivity contribution in [2.45, 2.75) is 26.8 Å². The Morgan fingerprint density at radius 1 is 1.21 bits per heavy atom. The van der Waals surface area contributed by atoms with Gasteiger partial charge in [0.1, 0.15) is 0 Å². The zero-order valence-corrected chi connectivity index (χ0v) is 15.3. The third-order valence-electron chi connectivity index (χ3n) is 3.01. The van der Waals surface area contributed by atoms with E-state index < -0.39 is 11.9 Å². The summed E-state index contributed by atoms with van der Waals surface area (Å²) in [4.78, 5) is 34.5. The topological polar surface area (TPSA) is 113 Å². The maximum absolute atomic E-state index is 11.8. The Bertz CT molecular complexity index is 608. The summed E-state index contributed by atoms with van der Waals surface area (Å²) in [7, 11) is 0. The van der Waals surface area contributed by atoms with Gasteiger partial charge >= 0.3 is 0 Å². The van der Waals surface area contributed by atoms with Gasteiger partial charge in [0, 0.05) is 12.6 Å². The molecule has 3 amide bonds. The van der Waals surface area contributed by atoms with Crippen LogP contribution in [0.25, 0.3) is 0 Å². The van der Waals surface area contributed by atoms with Crippen LogP contribution in [0.15, 0.2) is 18.2 Å². The molecule has 0 heterocycles. The van der Waals surface area contributed by atoms with Crippen LogP contribution in [0, 0.1) is 5.92 Å². The summed E-state index contributed by atoms with van der Waals surface area (Å²) < 4.78 is 0. The molecule has 0 unspecified atom stereocenters. The SMILES string of the molecule is CC(=O)Nc1ccc(NC(=O)CNC(=O)[C@@H](N)C(C)C)c(Cl)c1.Cl. The largest absolute Gasteiger partial charge is 0.346 e. The average molecular weight is 377 g/mol. The van der Waals surface area contributed by atoms with Crippen LogP contribution < -0.4 is 21.7 Å². The molecule has 0 saturated heterocycles. The molecule has 0 aromatic heterocycles. The van der Waals surface area contributed by atoms with Crippen LogP contribution in [0.1, 0.15) is 20.8 Å². The Morgan fingerprint density at radius 2 is 1.83 bits per heavy atom. The van der Waals surface area contributed by atoms with Gasteiger partial charge in [-0.05, 0) is 24.1 Å². The van der Waals surface area contributed by atoms with Crippen LogP contribution in [-0.4, -0.2) is 30.3 Å². The van der Waals surface area contributed by atoms with E-state index in [4.69, 9.17) is 17.3 Å². The summed E-state index contributed by atoms with van der Waals surface area (Å²) in [5.74, 6) is -1.05. The minimum Gasteiger partial charge on any atom is -0.346 e. The zero-order valence-electron chi connectivity index (χ0n) is 13.7. The lowest BCUT2D eigenvalue weighted by molar-refractivity contribution is -0.125. The number of anilines is 2. The zero-order chi connectivity index (χ0) is 17.6. The number of benzene rings is 1. The van der Waals surface area contributed by atoms with E-state index in [-0.39, 0.29) is 41.7 Å². The number of hydrogen-bond donors (Lipinski definition) is 4. The number of carbonyl (C=O) groups excluding carboxylic acids is 3. The van der Waals surface area contributed by atoms with Crippen molar-refractivity contribution in [1.29, 1.82) is 0 Å². The van der Waals surface area contributed by atoms with Crippen molar-refractivity contribution in [2.24, 2.45) is 11.7 Å². The van der Waals surface area contributed by atoms with Crippen LogP contribution >= 0.6 is 24.0 Å². The highest BCUT2D eigenvalue weighted by Crippen LogP contribution is 2.25. The van der Waals surface area contributed by atoms with Crippen LogP contribution in [-0.2, 0) is 14.4 Å². The van der Waals surface area contributed by atoms with Gasteiger partial charge in [-0.1, -0.05) is 25.4 Å². The molecule has 24 heavy (non-hydrogen) atoms. The van der Waals surface area contributed by atoms with Crippen molar-refractivity contribution in [3.63, 3.8) is 0 Å². The second-order valence-corrected chi connectivity index (χ2v) is 5.82. The lowest BCUT2D eigenvalue weighted by Gasteiger charge is -2.15. The molecule has 0 aliphatic rings. The lowest BCUT2D eigenvalue weighted by atomic mass is 10.1. The Morgan fingerprint density at radius 3 is 2.33 bits per heavy atom. The number of halogens is 2. The minimum atomic E-state index is -0.664. The summed E-state index contributed by atoms with van der Waals surface area (Å²) in [5.41, 5.74) is 6.59. The van der Waals surface area contributed by atoms with Crippen LogP contribution in [0.5, 0.6) is 0 Å². The molecule has 5 N–H and O–H groups in total. The summed E-state index contributed by atoms with van der Waals surface area (Å²) >= 11 is 6.04. The molecule has 9 heteroatoms. The van der Waals surface area contributed by atoms with Gasteiger partial charge in [0.2, 0.25) is 17.7 Å². The highest BCUT2D eigenvalue weighted by atomic mass is 35.5. The van der Waals surface area contributed by atoms with Crippen molar-refractivity contribution in [3.8, 4) is 0 Å². The van der Waals surface area contributed by atoms with Crippen LogP contribution in [0.4, 0.5) is 11.4 Å². The molecular formula is C15H22Cl2N4O3. The number of amides is 3. The fourth-order valence-electron chi connectivity index (χ4n) is 1.68. The molecule has 1 aromatic rings. The monoisotopic (exact) mass is 376 g/mol. The van der Waals surface area contributed by atoms with E-state index in [1.807, 2.05) is 13.8 Å². The van der Waals surface area contributed by atoms with Crippen molar-refractivity contribution in [1.82, 2.24) is 5.32 Å².